The molecule has 0 aliphatic carbocycles. The average Bonchev–Trinajstić information content (AvgIpc) is 3.47. The summed E-state index contributed by atoms with van der Waals surface area (Å²) in [6.45, 7) is 2.19. The summed E-state index contributed by atoms with van der Waals surface area (Å²) in [5.74, 6) is 0.538. The normalized spacial score (nSPS) is 34.4. The molecule has 1 N–H and O–H groups in total. The van der Waals surface area contributed by atoms with Gasteiger partial charge in [-0.25, -0.2) is 18.6 Å². The Kier molecular flexibility index (Phi) is 4.65. The van der Waals surface area contributed by atoms with E-state index in [9.17, 15) is 18.7 Å². The lowest BCUT2D eigenvalue weighted by molar-refractivity contribution is 0.104. The van der Waals surface area contributed by atoms with Gasteiger partial charge in [0, 0.05) is 32.5 Å². The third-order valence-electron chi connectivity index (χ3n) is 7.41. The number of amides is 1. The molecule has 0 saturated carbocycles. The number of halogens is 2. The fourth-order valence-electron chi connectivity index (χ4n) is 6.03. The first-order valence-corrected chi connectivity index (χ1v) is 11.8. The van der Waals surface area contributed by atoms with Gasteiger partial charge in [-0.2, -0.15) is 9.97 Å². The lowest BCUT2D eigenvalue weighted by atomic mass is 9.95. The fourth-order valence-corrected chi connectivity index (χ4v) is 6.67. The molecule has 2 aromatic rings. The summed E-state index contributed by atoms with van der Waals surface area (Å²) >= 11 is 1.36. The van der Waals surface area contributed by atoms with Crippen molar-refractivity contribution in [2.45, 2.75) is 55.6 Å². The summed E-state index contributed by atoms with van der Waals surface area (Å²) in [4.78, 5) is 31.1. The van der Waals surface area contributed by atoms with Crippen LogP contribution in [-0.2, 0) is 0 Å². The Morgan fingerprint density at radius 3 is 3.00 bits per heavy atom. The number of thiazole rings is 1. The maximum atomic E-state index is 14.5. The molecule has 0 spiro atoms. The minimum Gasteiger partial charge on any atom is -0.465 e. The number of ether oxygens (including phenoxy) is 1. The van der Waals surface area contributed by atoms with Crippen LogP contribution in [0.5, 0.6) is 6.01 Å². The summed E-state index contributed by atoms with van der Waals surface area (Å²) in [6, 6.07) is -0.963. The molecule has 12 heteroatoms. The number of hydrogen-bond donors (Lipinski definition) is 1. The van der Waals surface area contributed by atoms with E-state index in [1.165, 1.54) is 16.2 Å². The number of hydrogen-bond acceptors (Lipinski definition) is 8. The standard InChI is InChI=1S/C20H24F2N6O3S/c21-11-5-20(2-1-3-27(20)6-11)9-31-18-24-16(15-17(25-18)32-10-23-15)26-7-12-4-13(22)14(8-26)28(12)19(29)30/h10-14H,1-9H2,(H,29,30)/t11-,12-,13?,14-,20+/m1/s1. The molecule has 172 valence electrons. The summed E-state index contributed by atoms with van der Waals surface area (Å²) in [7, 11) is 0. The van der Waals surface area contributed by atoms with E-state index in [0.717, 1.165) is 19.4 Å². The van der Waals surface area contributed by atoms with Crippen molar-refractivity contribution in [3.63, 3.8) is 0 Å². The zero-order valence-electron chi connectivity index (χ0n) is 17.4. The SMILES string of the molecule is O=C(O)N1[C@@H]2CC(F)[C@H]1CN(c1nc(OC[C@@]34CCCN3C[C@H](F)C4)nc3scnc13)C2. The van der Waals surface area contributed by atoms with E-state index in [0.29, 0.717) is 42.3 Å². The van der Waals surface area contributed by atoms with Crippen molar-refractivity contribution in [3.05, 3.63) is 5.51 Å². The largest absolute Gasteiger partial charge is 0.465 e. The molecule has 2 aromatic heterocycles. The van der Waals surface area contributed by atoms with Gasteiger partial charge in [0.05, 0.1) is 23.1 Å². The number of carbonyl (C=O) groups is 1. The number of carboxylic acid groups (broad SMARTS) is 1. The maximum Gasteiger partial charge on any atom is 0.408 e. The second kappa shape index (κ2) is 7.34. The topological polar surface area (TPSA) is 94.9 Å². The highest BCUT2D eigenvalue weighted by atomic mass is 32.1. The molecule has 4 aliphatic rings. The van der Waals surface area contributed by atoms with Crippen molar-refractivity contribution in [2.24, 2.45) is 0 Å². The molecule has 9 nitrogen and oxygen atoms in total. The van der Waals surface area contributed by atoms with Crippen LogP contribution >= 0.6 is 11.3 Å². The van der Waals surface area contributed by atoms with E-state index in [2.05, 4.69) is 19.9 Å². The van der Waals surface area contributed by atoms with Crippen LogP contribution in [0.4, 0.5) is 19.4 Å². The number of anilines is 1. The lowest BCUT2D eigenvalue weighted by Gasteiger charge is -2.39. The van der Waals surface area contributed by atoms with E-state index in [-0.39, 0.29) is 24.5 Å². The number of alkyl halides is 2. The summed E-state index contributed by atoms with van der Waals surface area (Å²) in [5, 5.41) is 9.50. The van der Waals surface area contributed by atoms with Gasteiger partial charge < -0.3 is 14.7 Å². The smallest absolute Gasteiger partial charge is 0.408 e. The molecule has 6 heterocycles. The molecule has 6 rings (SSSR count). The minimum atomic E-state index is -1.20. The first kappa shape index (κ1) is 20.3. The number of aromatic nitrogens is 3. The van der Waals surface area contributed by atoms with Gasteiger partial charge in [0.25, 0.3) is 0 Å². The first-order valence-electron chi connectivity index (χ1n) is 11.0. The summed E-state index contributed by atoms with van der Waals surface area (Å²) in [6.07, 6.45) is -0.569. The van der Waals surface area contributed by atoms with Crippen LogP contribution in [0.2, 0.25) is 0 Å². The number of piperazine rings is 1. The molecule has 4 saturated heterocycles. The van der Waals surface area contributed by atoms with Gasteiger partial charge in [0.15, 0.2) is 10.6 Å². The van der Waals surface area contributed by atoms with Gasteiger partial charge in [-0.05, 0) is 19.4 Å². The second-order valence-electron chi connectivity index (χ2n) is 9.27. The minimum absolute atomic E-state index is 0.185. The highest BCUT2D eigenvalue weighted by Gasteiger charge is 2.51. The molecular formula is C20H24F2N6O3S. The van der Waals surface area contributed by atoms with Crippen molar-refractivity contribution in [1.29, 1.82) is 0 Å². The summed E-state index contributed by atoms with van der Waals surface area (Å²) in [5.41, 5.74) is 1.97. The van der Waals surface area contributed by atoms with Crippen molar-refractivity contribution < 1.29 is 23.4 Å². The second-order valence-corrected chi connectivity index (χ2v) is 10.1. The van der Waals surface area contributed by atoms with Crippen molar-refractivity contribution in [3.8, 4) is 6.01 Å². The monoisotopic (exact) mass is 466 g/mol. The molecule has 0 radical (unpaired) electrons. The number of fused-ring (bicyclic) bond motifs is 4. The Morgan fingerprint density at radius 1 is 1.31 bits per heavy atom. The Hall–Kier alpha value is -2.34. The molecule has 0 aromatic carbocycles. The predicted molar refractivity (Wildman–Crippen MR) is 113 cm³/mol. The van der Waals surface area contributed by atoms with Gasteiger partial charge >= 0.3 is 12.1 Å². The van der Waals surface area contributed by atoms with Gasteiger partial charge in [0.2, 0.25) is 0 Å². The average molecular weight is 467 g/mol. The van der Waals surface area contributed by atoms with Crippen molar-refractivity contribution in [1.82, 2.24) is 24.8 Å². The molecule has 32 heavy (non-hydrogen) atoms. The Morgan fingerprint density at radius 2 is 2.19 bits per heavy atom. The van der Waals surface area contributed by atoms with E-state index in [4.69, 9.17) is 4.74 Å². The van der Waals surface area contributed by atoms with Crippen LogP contribution in [0.25, 0.3) is 10.3 Å². The van der Waals surface area contributed by atoms with Gasteiger partial charge in [-0.1, -0.05) is 0 Å². The molecule has 1 amide bonds. The molecule has 1 unspecified atom stereocenters. The van der Waals surface area contributed by atoms with E-state index in [1.54, 1.807) is 5.51 Å². The van der Waals surface area contributed by atoms with E-state index in [1.807, 2.05) is 4.90 Å². The van der Waals surface area contributed by atoms with E-state index >= 15 is 0 Å². The highest BCUT2D eigenvalue weighted by molar-refractivity contribution is 7.16. The number of nitrogens with zero attached hydrogens (tertiary/aromatic N) is 6. The van der Waals surface area contributed by atoms with Crippen LogP contribution in [0.15, 0.2) is 5.51 Å². The number of rotatable bonds is 4. The third kappa shape index (κ3) is 3.10. The highest BCUT2D eigenvalue weighted by Crippen LogP contribution is 2.41. The molecule has 2 bridgehead atoms. The van der Waals surface area contributed by atoms with Crippen LogP contribution in [0.3, 0.4) is 0 Å². The quantitative estimate of drug-likeness (QED) is 0.734. The van der Waals surface area contributed by atoms with E-state index < -0.39 is 30.5 Å². The maximum absolute atomic E-state index is 14.5. The fraction of sp³-hybridized carbons (Fsp3) is 0.700. The predicted octanol–water partition coefficient (Wildman–Crippen LogP) is 2.32. The van der Waals surface area contributed by atoms with Crippen molar-refractivity contribution in [2.75, 3.05) is 37.7 Å². The molecule has 5 atom stereocenters. The Labute approximate surface area is 187 Å². The van der Waals surface area contributed by atoms with Crippen LogP contribution < -0.4 is 9.64 Å². The zero-order valence-corrected chi connectivity index (χ0v) is 18.2. The first-order chi connectivity index (χ1) is 15.4. The lowest BCUT2D eigenvalue weighted by Crippen LogP contribution is -2.57. The zero-order chi connectivity index (χ0) is 22.0. The van der Waals surface area contributed by atoms with Crippen LogP contribution in [0, 0.1) is 0 Å². The van der Waals surface area contributed by atoms with Crippen molar-refractivity contribution >= 4 is 33.6 Å². The Balaban J connectivity index is 1.27. The van der Waals surface area contributed by atoms with Gasteiger partial charge in [-0.3, -0.25) is 9.80 Å². The molecular weight excluding hydrogens is 442 g/mol. The van der Waals surface area contributed by atoms with Crippen LogP contribution in [0.1, 0.15) is 25.7 Å². The molecule has 4 fully saturated rings. The van der Waals surface area contributed by atoms with Gasteiger partial charge in [0.1, 0.15) is 24.5 Å². The van der Waals surface area contributed by atoms with Gasteiger partial charge in [-0.15, -0.1) is 11.3 Å². The molecule has 4 aliphatic heterocycles. The van der Waals surface area contributed by atoms with Crippen LogP contribution in [-0.4, -0.2) is 98.7 Å². The summed E-state index contributed by atoms with van der Waals surface area (Å²) < 4.78 is 34.6. The third-order valence-corrected chi connectivity index (χ3v) is 8.13. The Bertz CT molecular complexity index is 1060.